The summed E-state index contributed by atoms with van der Waals surface area (Å²) in [6, 6.07) is 1.76. The smallest absolute Gasteiger partial charge is 0.411 e. The molecule has 126 valence electrons. The van der Waals surface area contributed by atoms with E-state index < -0.39 is 12.8 Å². The number of rotatable bonds is 10. The summed E-state index contributed by atoms with van der Waals surface area (Å²) < 4.78 is 50.2. The monoisotopic (exact) mass is 341 g/mol. The van der Waals surface area contributed by atoms with Gasteiger partial charge < -0.3 is 19.3 Å². The zero-order valence-corrected chi connectivity index (χ0v) is 12.9. The second-order valence-corrected chi connectivity index (χ2v) is 5.21. The van der Waals surface area contributed by atoms with Crippen LogP contribution in [0.15, 0.2) is 17.2 Å². The fourth-order valence-corrected chi connectivity index (χ4v) is 2.44. The van der Waals surface area contributed by atoms with Crippen molar-refractivity contribution in [3.63, 3.8) is 0 Å². The van der Waals surface area contributed by atoms with E-state index in [4.69, 9.17) is 14.6 Å². The Kier molecular flexibility index (Phi) is 8.54. The predicted octanol–water partition coefficient (Wildman–Crippen LogP) is 2.27. The highest BCUT2D eigenvalue weighted by Crippen LogP contribution is 2.31. The number of aliphatic hydroxyl groups excluding tert-OH is 1. The number of pyridine rings is 1. The first-order chi connectivity index (χ1) is 10.5. The van der Waals surface area contributed by atoms with Crippen LogP contribution in [0.5, 0.6) is 5.75 Å². The van der Waals surface area contributed by atoms with Gasteiger partial charge in [0.25, 0.3) is 0 Å². The number of methoxy groups -OCH3 is 1. The third-order valence-corrected chi connectivity index (χ3v) is 3.42. The van der Waals surface area contributed by atoms with E-state index >= 15 is 0 Å². The molecule has 0 saturated carbocycles. The van der Waals surface area contributed by atoms with E-state index in [2.05, 4.69) is 9.72 Å². The SMILES string of the molecule is COc1c(SCCOCCOCC(F)(F)F)ccnc1CO. The standard InChI is InChI=1S/C13H18F3NO4S/c1-19-12-10(8-18)17-3-2-11(12)22-7-6-20-4-5-21-9-13(14,15)16/h2-3,18H,4-9H2,1H3. The molecule has 0 saturated heterocycles. The molecule has 9 heteroatoms. The number of nitrogens with zero attached hydrogens (tertiary/aromatic N) is 1. The van der Waals surface area contributed by atoms with E-state index in [9.17, 15) is 13.2 Å². The Hall–Kier alpha value is -1.03. The minimum absolute atomic E-state index is 0.0998. The fraction of sp³-hybridized carbons (Fsp3) is 0.615. The fourth-order valence-electron chi connectivity index (χ4n) is 1.53. The van der Waals surface area contributed by atoms with Gasteiger partial charge in [-0.25, -0.2) is 0 Å². The first-order valence-electron chi connectivity index (χ1n) is 6.45. The van der Waals surface area contributed by atoms with Crippen molar-refractivity contribution in [2.24, 2.45) is 0 Å². The minimum atomic E-state index is -4.31. The Balaban J connectivity index is 2.20. The second kappa shape index (κ2) is 9.88. The van der Waals surface area contributed by atoms with E-state index in [1.165, 1.54) is 18.9 Å². The summed E-state index contributed by atoms with van der Waals surface area (Å²) in [5.41, 5.74) is 0.453. The number of halogens is 3. The summed E-state index contributed by atoms with van der Waals surface area (Å²) in [5, 5.41) is 9.15. The Morgan fingerprint density at radius 2 is 1.95 bits per heavy atom. The van der Waals surface area contributed by atoms with Gasteiger partial charge in [-0.15, -0.1) is 11.8 Å². The molecule has 1 aromatic heterocycles. The number of ether oxygens (including phenoxy) is 3. The summed E-state index contributed by atoms with van der Waals surface area (Å²) in [7, 11) is 1.49. The van der Waals surface area contributed by atoms with Crippen molar-refractivity contribution in [3.8, 4) is 5.75 Å². The summed E-state index contributed by atoms with van der Waals surface area (Å²) in [6.07, 6.45) is -2.74. The molecule has 1 aromatic rings. The molecule has 0 aliphatic heterocycles. The van der Waals surface area contributed by atoms with Gasteiger partial charge in [0.2, 0.25) is 0 Å². The van der Waals surface area contributed by atoms with Crippen LogP contribution >= 0.6 is 11.8 Å². The largest absolute Gasteiger partial charge is 0.494 e. The molecule has 1 rings (SSSR count). The van der Waals surface area contributed by atoms with Crippen molar-refractivity contribution >= 4 is 11.8 Å². The van der Waals surface area contributed by atoms with Gasteiger partial charge in [-0.05, 0) is 6.07 Å². The first kappa shape index (κ1) is 19.0. The van der Waals surface area contributed by atoms with E-state index in [1.807, 2.05) is 0 Å². The van der Waals surface area contributed by atoms with Gasteiger partial charge in [0, 0.05) is 11.9 Å². The number of aliphatic hydroxyl groups is 1. The lowest BCUT2D eigenvalue weighted by Gasteiger charge is -2.11. The Morgan fingerprint density at radius 1 is 1.23 bits per heavy atom. The van der Waals surface area contributed by atoms with Crippen LogP contribution in [-0.2, 0) is 16.1 Å². The van der Waals surface area contributed by atoms with Gasteiger partial charge >= 0.3 is 6.18 Å². The van der Waals surface area contributed by atoms with Crippen molar-refractivity contribution in [2.45, 2.75) is 17.7 Å². The van der Waals surface area contributed by atoms with Gasteiger partial charge in [0.1, 0.15) is 12.3 Å². The van der Waals surface area contributed by atoms with Crippen LogP contribution in [0, 0.1) is 0 Å². The molecule has 0 radical (unpaired) electrons. The molecular weight excluding hydrogens is 323 g/mol. The maximum atomic E-state index is 11.8. The number of aromatic nitrogens is 1. The van der Waals surface area contributed by atoms with Gasteiger partial charge in [0.15, 0.2) is 5.75 Å². The number of hydrogen-bond acceptors (Lipinski definition) is 6. The summed E-state index contributed by atoms with van der Waals surface area (Å²) in [5.74, 6) is 1.10. The highest BCUT2D eigenvalue weighted by molar-refractivity contribution is 7.99. The summed E-state index contributed by atoms with van der Waals surface area (Å²) >= 11 is 1.45. The molecule has 0 aliphatic carbocycles. The lowest BCUT2D eigenvalue weighted by molar-refractivity contribution is -0.176. The molecule has 0 bridgehead atoms. The van der Waals surface area contributed by atoms with Crippen LogP contribution in [0.4, 0.5) is 13.2 Å². The molecule has 5 nitrogen and oxygen atoms in total. The van der Waals surface area contributed by atoms with E-state index in [-0.39, 0.29) is 19.8 Å². The molecule has 0 unspecified atom stereocenters. The zero-order chi connectivity index (χ0) is 16.4. The topological polar surface area (TPSA) is 60.8 Å². The number of alkyl halides is 3. The van der Waals surface area contributed by atoms with Gasteiger partial charge in [-0.2, -0.15) is 13.2 Å². The first-order valence-corrected chi connectivity index (χ1v) is 7.44. The highest BCUT2D eigenvalue weighted by atomic mass is 32.2. The molecule has 0 spiro atoms. The maximum Gasteiger partial charge on any atom is 0.411 e. The molecule has 1 N–H and O–H groups in total. The maximum absolute atomic E-state index is 11.8. The van der Waals surface area contributed by atoms with Crippen LogP contribution in [-0.4, -0.2) is 55.6 Å². The van der Waals surface area contributed by atoms with E-state index in [0.29, 0.717) is 23.8 Å². The van der Waals surface area contributed by atoms with Crippen LogP contribution in [0.2, 0.25) is 0 Å². The van der Waals surface area contributed by atoms with Gasteiger partial charge in [0.05, 0.1) is 38.4 Å². The molecule has 0 amide bonds. The normalized spacial score (nSPS) is 11.7. The third-order valence-electron chi connectivity index (χ3n) is 2.42. The van der Waals surface area contributed by atoms with Crippen LogP contribution in [0.3, 0.4) is 0 Å². The lowest BCUT2D eigenvalue weighted by Crippen LogP contribution is -2.19. The van der Waals surface area contributed by atoms with Crippen molar-refractivity contribution in [2.75, 3.05) is 39.3 Å². The van der Waals surface area contributed by atoms with Crippen molar-refractivity contribution in [3.05, 3.63) is 18.0 Å². The Morgan fingerprint density at radius 3 is 2.59 bits per heavy atom. The zero-order valence-electron chi connectivity index (χ0n) is 12.1. The van der Waals surface area contributed by atoms with Gasteiger partial charge in [-0.1, -0.05) is 0 Å². The van der Waals surface area contributed by atoms with Crippen LogP contribution in [0.25, 0.3) is 0 Å². The average molecular weight is 341 g/mol. The molecule has 0 atom stereocenters. The average Bonchev–Trinajstić information content (AvgIpc) is 2.48. The van der Waals surface area contributed by atoms with Crippen LogP contribution in [0.1, 0.15) is 5.69 Å². The molecule has 22 heavy (non-hydrogen) atoms. The predicted molar refractivity (Wildman–Crippen MR) is 75.1 cm³/mol. The lowest BCUT2D eigenvalue weighted by atomic mass is 10.3. The quantitative estimate of drug-likeness (QED) is 0.520. The van der Waals surface area contributed by atoms with Crippen LogP contribution < -0.4 is 4.74 Å². The Labute approximate surface area is 130 Å². The third kappa shape index (κ3) is 7.30. The second-order valence-electron chi connectivity index (χ2n) is 4.08. The molecule has 0 aromatic carbocycles. The van der Waals surface area contributed by atoms with Crippen molar-refractivity contribution in [1.29, 1.82) is 0 Å². The summed E-state index contributed by atoms with van der Waals surface area (Å²) in [6.45, 7) is -1.11. The van der Waals surface area contributed by atoms with Crippen molar-refractivity contribution in [1.82, 2.24) is 4.98 Å². The number of thioether (sulfide) groups is 1. The molecule has 1 heterocycles. The Bertz CT molecular complexity index is 446. The highest BCUT2D eigenvalue weighted by Gasteiger charge is 2.27. The van der Waals surface area contributed by atoms with E-state index in [0.717, 1.165) is 4.90 Å². The van der Waals surface area contributed by atoms with Gasteiger partial charge in [-0.3, -0.25) is 4.98 Å². The molecule has 0 fully saturated rings. The van der Waals surface area contributed by atoms with E-state index in [1.54, 1.807) is 12.3 Å². The number of hydrogen-bond donors (Lipinski definition) is 1. The summed E-state index contributed by atoms with van der Waals surface area (Å²) in [4.78, 5) is 4.82. The minimum Gasteiger partial charge on any atom is -0.494 e. The molecule has 0 aliphatic rings. The molecular formula is C13H18F3NO4S. The van der Waals surface area contributed by atoms with Crippen molar-refractivity contribution < 1.29 is 32.5 Å².